The fraction of sp³-hybridized carbons (Fsp3) is 0.571. The number of piperidine rings is 1. The molecule has 10 heteroatoms. The maximum Gasteiger partial charge on any atom is 0.410 e. The molecule has 0 saturated carbocycles. The number of hydrogen-bond acceptors (Lipinski definition) is 7. The van der Waals surface area contributed by atoms with E-state index in [4.69, 9.17) is 9.47 Å². The molecule has 3 rings (SSSR count). The molecule has 2 N–H and O–H groups in total. The Morgan fingerprint density at radius 1 is 1.19 bits per heavy atom. The molecule has 0 aliphatic carbocycles. The van der Waals surface area contributed by atoms with Gasteiger partial charge in [-0.3, -0.25) is 14.9 Å². The summed E-state index contributed by atoms with van der Waals surface area (Å²) in [6, 6.07) is 2.17. The van der Waals surface area contributed by atoms with E-state index in [1.54, 1.807) is 4.90 Å². The number of benzene rings is 1. The highest BCUT2D eigenvalue weighted by molar-refractivity contribution is 6.01. The van der Waals surface area contributed by atoms with Gasteiger partial charge in [-0.25, -0.2) is 9.18 Å². The van der Waals surface area contributed by atoms with Crippen LogP contribution in [0.4, 0.5) is 20.6 Å². The van der Waals surface area contributed by atoms with Gasteiger partial charge in [0.1, 0.15) is 23.2 Å². The first-order valence-electron chi connectivity index (χ1n) is 10.3. The molecule has 2 heterocycles. The van der Waals surface area contributed by atoms with Crippen LogP contribution in [0.5, 0.6) is 5.75 Å². The second kappa shape index (κ2) is 8.99. The molecule has 0 spiro atoms. The molecule has 1 aromatic carbocycles. The molecule has 2 fully saturated rings. The minimum Gasteiger partial charge on any atom is -0.495 e. The quantitative estimate of drug-likeness (QED) is 0.698. The summed E-state index contributed by atoms with van der Waals surface area (Å²) in [6.45, 7) is 7.33. The number of nitrogens with one attached hydrogen (secondary N) is 2. The van der Waals surface area contributed by atoms with Crippen LogP contribution in [0.25, 0.3) is 0 Å². The second-order valence-corrected chi connectivity index (χ2v) is 8.61. The van der Waals surface area contributed by atoms with E-state index in [-0.39, 0.29) is 24.1 Å². The minimum absolute atomic E-state index is 0.127. The molecule has 9 nitrogen and oxygen atoms in total. The third-order valence-electron chi connectivity index (χ3n) is 5.11. The summed E-state index contributed by atoms with van der Waals surface area (Å²) in [5, 5.41) is 5.10. The van der Waals surface area contributed by atoms with E-state index in [1.165, 1.54) is 19.2 Å². The summed E-state index contributed by atoms with van der Waals surface area (Å²) < 4.78 is 25.7. The van der Waals surface area contributed by atoms with Crippen molar-refractivity contribution < 1.29 is 28.2 Å². The Morgan fingerprint density at radius 2 is 1.87 bits per heavy atom. The zero-order valence-corrected chi connectivity index (χ0v) is 18.3. The van der Waals surface area contributed by atoms with Crippen molar-refractivity contribution in [2.75, 3.05) is 43.5 Å². The Bertz CT molecular complexity index is 862. The summed E-state index contributed by atoms with van der Waals surface area (Å²) in [5.74, 6) is -0.893. The van der Waals surface area contributed by atoms with Gasteiger partial charge in [0.25, 0.3) is 0 Å². The normalized spacial score (nSPS) is 19.7. The van der Waals surface area contributed by atoms with Crippen molar-refractivity contribution in [1.82, 2.24) is 10.2 Å². The van der Waals surface area contributed by atoms with Gasteiger partial charge in [-0.1, -0.05) is 0 Å². The molecule has 0 aromatic heterocycles. The van der Waals surface area contributed by atoms with Crippen molar-refractivity contribution >= 4 is 29.3 Å². The number of carbonyl (C=O) groups excluding carboxylic acids is 3. The van der Waals surface area contributed by atoms with Gasteiger partial charge in [0.15, 0.2) is 0 Å². The highest BCUT2D eigenvalue weighted by Crippen LogP contribution is 2.35. The van der Waals surface area contributed by atoms with Gasteiger partial charge >= 0.3 is 6.09 Å². The Morgan fingerprint density at radius 3 is 2.45 bits per heavy atom. The maximum absolute atomic E-state index is 14.8. The largest absolute Gasteiger partial charge is 0.495 e. The molecule has 1 aromatic rings. The molecule has 1 atom stereocenters. The lowest BCUT2D eigenvalue weighted by Gasteiger charge is -2.37. The van der Waals surface area contributed by atoms with Crippen LogP contribution in [0.1, 0.15) is 33.6 Å². The molecule has 0 radical (unpaired) electrons. The lowest BCUT2D eigenvalue weighted by molar-refractivity contribution is -0.133. The Hall–Kier alpha value is -3.04. The number of nitrogens with zero attached hydrogens (tertiary/aromatic N) is 2. The number of ether oxygens (including phenoxy) is 2. The topological polar surface area (TPSA) is 100 Å². The minimum atomic E-state index is -0.694. The van der Waals surface area contributed by atoms with Crippen molar-refractivity contribution in [2.45, 2.75) is 45.3 Å². The highest BCUT2D eigenvalue weighted by atomic mass is 19.1. The average Bonchev–Trinajstić information content (AvgIpc) is 2.70. The maximum atomic E-state index is 14.8. The SMILES string of the molecule is COc1cc(NC2CCC(=O)NC2=O)c(F)cc1N1CCN(C(=O)OC(C)(C)C)CC1. The van der Waals surface area contributed by atoms with Gasteiger partial charge in [-0.2, -0.15) is 0 Å². The molecular weight excluding hydrogens is 407 g/mol. The van der Waals surface area contributed by atoms with E-state index in [0.29, 0.717) is 44.0 Å². The van der Waals surface area contributed by atoms with Crippen LogP contribution in [-0.2, 0) is 14.3 Å². The van der Waals surface area contributed by atoms with E-state index in [0.717, 1.165) is 0 Å². The summed E-state index contributed by atoms with van der Waals surface area (Å²) in [5.41, 5.74) is 0.131. The van der Waals surface area contributed by atoms with Gasteiger partial charge in [0.05, 0.1) is 18.5 Å². The van der Waals surface area contributed by atoms with Gasteiger partial charge in [0.2, 0.25) is 11.8 Å². The molecule has 1 unspecified atom stereocenters. The number of halogens is 1. The van der Waals surface area contributed by atoms with E-state index in [2.05, 4.69) is 10.6 Å². The van der Waals surface area contributed by atoms with Crippen LogP contribution in [0.2, 0.25) is 0 Å². The van der Waals surface area contributed by atoms with E-state index in [1.807, 2.05) is 25.7 Å². The number of rotatable bonds is 4. The van der Waals surface area contributed by atoms with Crippen molar-refractivity contribution in [3.63, 3.8) is 0 Å². The van der Waals surface area contributed by atoms with Crippen LogP contribution < -0.4 is 20.3 Å². The number of piperazine rings is 1. The monoisotopic (exact) mass is 436 g/mol. The van der Waals surface area contributed by atoms with Crippen molar-refractivity contribution in [2.24, 2.45) is 0 Å². The smallest absolute Gasteiger partial charge is 0.410 e. The number of methoxy groups -OCH3 is 1. The van der Waals surface area contributed by atoms with Gasteiger partial charge in [-0.15, -0.1) is 0 Å². The van der Waals surface area contributed by atoms with Gasteiger partial charge < -0.3 is 24.6 Å². The standard InChI is InChI=1S/C21H29FN4O5/c1-21(2,3)31-20(29)26-9-7-25(8-10-26)16-11-13(22)15(12-17(16)30-4)23-14-5-6-18(27)24-19(14)28/h11-12,14,23H,5-10H2,1-4H3,(H,24,27,28). The first-order chi connectivity index (χ1) is 14.6. The van der Waals surface area contributed by atoms with Crippen molar-refractivity contribution in [3.05, 3.63) is 17.9 Å². The molecule has 0 bridgehead atoms. The first-order valence-corrected chi connectivity index (χ1v) is 10.3. The van der Waals surface area contributed by atoms with E-state index < -0.39 is 23.4 Å². The van der Waals surface area contributed by atoms with E-state index in [9.17, 15) is 18.8 Å². The molecular formula is C21H29FN4O5. The molecule has 31 heavy (non-hydrogen) atoms. The Balaban J connectivity index is 1.69. The fourth-order valence-electron chi connectivity index (χ4n) is 3.54. The van der Waals surface area contributed by atoms with Crippen LogP contribution in [0, 0.1) is 5.82 Å². The fourth-order valence-corrected chi connectivity index (χ4v) is 3.54. The summed E-state index contributed by atoms with van der Waals surface area (Å²) in [6.07, 6.45) is 0.122. The molecule has 2 saturated heterocycles. The average molecular weight is 436 g/mol. The second-order valence-electron chi connectivity index (χ2n) is 8.61. The molecule has 170 valence electrons. The molecule has 2 aliphatic heterocycles. The Labute approximate surface area is 180 Å². The predicted molar refractivity (Wildman–Crippen MR) is 113 cm³/mol. The third kappa shape index (κ3) is 5.56. The number of imide groups is 1. The van der Waals surface area contributed by atoms with Crippen LogP contribution in [0.3, 0.4) is 0 Å². The number of anilines is 2. The van der Waals surface area contributed by atoms with Crippen LogP contribution in [-0.4, -0.2) is 67.7 Å². The summed E-state index contributed by atoms with van der Waals surface area (Å²) in [4.78, 5) is 39.1. The third-order valence-corrected chi connectivity index (χ3v) is 5.11. The summed E-state index contributed by atoms with van der Waals surface area (Å²) in [7, 11) is 1.49. The molecule has 2 aliphatic rings. The lowest BCUT2D eigenvalue weighted by atomic mass is 10.1. The predicted octanol–water partition coefficient (Wildman–Crippen LogP) is 2.11. The van der Waals surface area contributed by atoms with Crippen LogP contribution >= 0.6 is 0 Å². The van der Waals surface area contributed by atoms with Crippen molar-refractivity contribution in [3.8, 4) is 5.75 Å². The number of hydrogen-bond donors (Lipinski definition) is 2. The number of carbonyl (C=O) groups is 3. The number of amides is 3. The van der Waals surface area contributed by atoms with E-state index >= 15 is 0 Å². The zero-order chi connectivity index (χ0) is 22.8. The zero-order valence-electron chi connectivity index (χ0n) is 18.3. The van der Waals surface area contributed by atoms with Gasteiger partial charge in [0, 0.05) is 44.7 Å². The molecule has 3 amide bonds. The first kappa shape index (κ1) is 22.6. The van der Waals surface area contributed by atoms with Gasteiger partial charge in [-0.05, 0) is 27.2 Å². The van der Waals surface area contributed by atoms with Crippen LogP contribution in [0.15, 0.2) is 12.1 Å². The Kier molecular flexibility index (Phi) is 6.56. The highest BCUT2D eigenvalue weighted by Gasteiger charge is 2.29. The lowest BCUT2D eigenvalue weighted by Crippen LogP contribution is -2.50. The summed E-state index contributed by atoms with van der Waals surface area (Å²) >= 11 is 0. The van der Waals surface area contributed by atoms with Crippen molar-refractivity contribution in [1.29, 1.82) is 0 Å².